The molecule has 0 heterocycles. The fraction of sp³-hybridized carbons (Fsp3) is 0.0667. The first-order valence-corrected chi connectivity index (χ1v) is 11.1. The Morgan fingerprint density at radius 3 is 1.68 bits per heavy atom. The summed E-state index contributed by atoms with van der Waals surface area (Å²) in [6.07, 6.45) is 10.0. The third kappa shape index (κ3) is 13.8. The van der Waals surface area contributed by atoms with Crippen LogP contribution in [0.25, 0.3) is 10.8 Å². The molecule has 0 radical (unpaired) electrons. The molecule has 0 saturated carbocycles. The second-order valence-corrected chi connectivity index (χ2v) is 7.32. The van der Waals surface area contributed by atoms with E-state index in [0.29, 0.717) is 0 Å². The Morgan fingerprint density at radius 1 is 0.806 bits per heavy atom. The average molecular weight is 438 g/mol. The number of hydrogen-bond donors (Lipinski definition) is 0. The summed E-state index contributed by atoms with van der Waals surface area (Å²) in [5, 5.41) is 2.66. The molecule has 0 aliphatic heterocycles. The van der Waals surface area contributed by atoms with E-state index in [-0.39, 0.29) is 0 Å². The van der Waals surface area contributed by atoms with Crippen LogP contribution >= 0.6 is 0 Å². The van der Waals surface area contributed by atoms with Crippen LogP contribution in [0.4, 0.5) is 0 Å². The van der Waals surface area contributed by atoms with Gasteiger partial charge in [0.2, 0.25) is 0 Å². The van der Waals surface area contributed by atoms with Crippen LogP contribution in [0.2, 0.25) is 0 Å². The number of allylic oxidation sites excluding steroid dienone is 4. The quantitative estimate of drug-likeness (QED) is 0.193. The van der Waals surface area contributed by atoms with E-state index in [1.807, 2.05) is 104 Å². The van der Waals surface area contributed by atoms with E-state index in [1.165, 1.54) is 10.8 Å². The summed E-state index contributed by atoms with van der Waals surface area (Å²) in [5.41, 5.74) is 2.14. The zero-order valence-corrected chi connectivity index (χ0v) is 19.8. The largest absolute Gasteiger partial charge is 0.273 e. The van der Waals surface area contributed by atoms with Crippen molar-refractivity contribution >= 4 is 15.1 Å². The SMILES string of the molecule is C[CH]=[Ti].[C-]1=CC=CC1.[CH2-]c1ccccc1.[CH2-]c1ccccc1.c1ccc2[cH-]ccc2c1. The Morgan fingerprint density at radius 2 is 1.32 bits per heavy atom. The second kappa shape index (κ2) is 17.9. The van der Waals surface area contributed by atoms with Crippen molar-refractivity contribution in [2.45, 2.75) is 13.3 Å². The van der Waals surface area contributed by atoms with Gasteiger partial charge in [0.1, 0.15) is 0 Å². The van der Waals surface area contributed by atoms with Crippen molar-refractivity contribution in [1.29, 1.82) is 0 Å². The van der Waals surface area contributed by atoms with E-state index >= 15 is 0 Å². The van der Waals surface area contributed by atoms with Gasteiger partial charge in [0.25, 0.3) is 0 Å². The second-order valence-electron chi connectivity index (χ2n) is 6.42. The van der Waals surface area contributed by atoms with Crippen LogP contribution in [0.15, 0.2) is 121 Å². The minimum Gasteiger partial charge on any atom is -0.273 e. The molecule has 1 aliphatic rings. The molecule has 0 N–H and O–H groups in total. The summed E-state index contributed by atoms with van der Waals surface area (Å²) in [6.45, 7) is 9.44. The standard InChI is InChI=1S/C9H7.2C7H7.C5H5.C2H4.Ti/c1-2-5-9-7-3-6-8(9)4-1;2*1-7-5-3-2-4-6-7;1-2-4-5-3-1;1-2;/h1-7H;2*2-6H,1H2;1-3H,4H2;1H,2H3;/q4*-1;;. The van der Waals surface area contributed by atoms with E-state index in [2.05, 4.69) is 68.5 Å². The zero-order valence-electron chi connectivity index (χ0n) is 18.2. The molecule has 1 heteroatoms. The Bertz CT molecular complexity index is 914. The van der Waals surface area contributed by atoms with Gasteiger partial charge in [-0.1, -0.05) is 18.2 Å². The molecule has 0 atom stereocenters. The Labute approximate surface area is 200 Å². The first kappa shape index (κ1) is 26.1. The summed E-state index contributed by atoms with van der Waals surface area (Å²) >= 11 is 2.00. The molecule has 4 aromatic rings. The Kier molecular flexibility index (Phi) is 15.1. The fourth-order valence-electron chi connectivity index (χ4n) is 2.37. The van der Waals surface area contributed by atoms with Gasteiger partial charge < -0.3 is 0 Å². The molecule has 31 heavy (non-hydrogen) atoms. The van der Waals surface area contributed by atoms with Crippen LogP contribution in [0.3, 0.4) is 0 Å². The van der Waals surface area contributed by atoms with Crippen LogP contribution in [-0.2, 0) is 20.0 Å². The van der Waals surface area contributed by atoms with Gasteiger partial charge >= 0.3 is 31.2 Å². The molecule has 0 nitrogen and oxygen atoms in total. The molecular weight excluding hydrogens is 408 g/mol. The Hall–Kier alpha value is -2.93. The minimum atomic E-state index is 1.01. The number of rotatable bonds is 0. The van der Waals surface area contributed by atoms with E-state index < -0.39 is 0 Å². The van der Waals surface area contributed by atoms with Gasteiger partial charge in [-0.15, -0.1) is 60.3 Å². The van der Waals surface area contributed by atoms with Crippen LogP contribution in [0.5, 0.6) is 0 Å². The zero-order chi connectivity index (χ0) is 22.6. The average Bonchev–Trinajstić information content (AvgIpc) is 3.52. The number of benzene rings is 3. The van der Waals surface area contributed by atoms with Crippen molar-refractivity contribution in [3.05, 3.63) is 152 Å². The number of hydrogen-bond acceptors (Lipinski definition) is 0. The first-order chi connectivity index (χ1) is 15.2. The third-order valence-electron chi connectivity index (χ3n) is 3.82. The van der Waals surface area contributed by atoms with Crippen LogP contribution < -0.4 is 0 Å². The van der Waals surface area contributed by atoms with Crippen LogP contribution in [0.1, 0.15) is 24.5 Å². The molecule has 158 valence electrons. The topological polar surface area (TPSA) is 0 Å². The normalized spacial score (nSPS) is 10.1. The fourth-order valence-corrected chi connectivity index (χ4v) is 2.37. The molecule has 0 fully saturated rings. The summed E-state index contributed by atoms with van der Waals surface area (Å²) in [4.78, 5) is 0. The molecule has 0 unspecified atom stereocenters. The maximum Gasteiger partial charge on any atom is -0.0809 e. The van der Waals surface area contributed by atoms with Crippen molar-refractivity contribution in [3.63, 3.8) is 0 Å². The smallest absolute Gasteiger partial charge is 0.0809 e. The van der Waals surface area contributed by atoms with E-state index in [1.54, 1.807) is 0 Å². The van der Waals surface area contributed by atoms with Gasteiger partial charge in [0.15, 0.2) is 0 Å². The number of fused-ring (bicyclic) bond motifs is 1. The Balaban J connectivity index is 0.000000202. The maximum absolute atomic E-state index is 3.72. The van der Waals surface area contributed by atoms with Crippen LogP contribution in [0, 0.1) is 19.9 Å². The molecule has 4 aromatic carbocycles. The predicted molar refractivity (Wildman–Crippen MR) is 135 cm³/mol. The van der Waals surface area contributed by atoms with Gasteiger partial charge in [0.05, 0.1) is 0 Å². The summed E-state index contributed by atoms with van der Waals surface area (Å²) in [5.74, 6) is 0. The van der Waals surface area contributed by atoms with E-state index in [0.717, 1.165) is 17.5 Å². The van der Waals surface area contributed by atoms with Gasteiger partial charge in [-0.25, -0.2) is 12.2 Å². The van der Waals surface area contributed by atoms with Gasteiger partial charge in [-0.05, 0) is 0 Å². The van der Waals surface area contributed by atoms with Gasteiger partial charge in [-0.2, -0.15) is 72.8 Å². The van der Waals surface area contributed by atoms with E-state index in [9.17, 15) is 0 Å². The molecule has 0 saturated heterocycles. The minimum absolute atomic E-state index is 1.01. The third-order valence-corrected chi connectivity index (χ3v) is 3.82. The molecular formula is C30H30Ti-4. The molecule has 5 rings (SSSR count). The maximum atomic E-state index is 3.72. The molecule has 0 aromatic heterocycles. The molecule has 1 aliphatic carbocycles. The monoisotopic (exact) mass is 438 g/mol. The van der Waals surface area contributed by atoms with E-state index in [4.69, 9.17) is 0 Å². The molecule has 0 spiro atoms. The van der Waals surface area contributed by atoms with Gasteiger partial charge in [-0.3, -0.25) is 6.08 Å². The molecule has 0 amide bonds. The van der Waals surface area contributed by atoms with Gasteiger partial charge in [0, 0.05) is 0 Å². The van der Waals surface area contributed by atoms with Crippen molar-refractivity contribution in [2.75, 3.05) is 0 Å². The predicted octanol–water partition coefficient (Wildman–Crippen LogP) is 7.96. The summed E-state index contributed by atoms with van der Waals surface area (Å²) < 4.78 is 2.00. The van der Waals surface area contributed by atoms with Crippen molar-refractivity contribution < 1.29 is 20.0 Å². The molecule has 0 bridgehead atoms. The van der Waals surface area contributed by atoms with Crippen molar-refractivity contribution in [3.8, 4) is 0 Å². The van der Waals surface area contributed by atoms with Crippen LogP contribution in [-0.4, -0.2) is 4.31 Å². The summed E-state index contributed by atoms with van der Waals surface area (Å²) in [6, 6.07) is 34.4. The van der Waals surface area contributed by atoms with Crippen molar-refractivity contribution in [2.24, 2.45) is 0 Å². The van der Waals surface area contributed by atoms with Crippen molar-refractivity contribution in [1.82, 2.24) is 0 Å². The first-order valence-electron chi connectivity index (χ1n) is 10.2. The summed E-state index contributed by atoms with van der Waals surface area (Å²) in [7, 11) is 0.